The van der Waals surface area contributed by atoms with Crippen LogP contribution < -0.4 is 28.9 Å². The van der Waals surface area contributed by atoms with Gasteiger partial charge in [0, 0.05) is 78.8 Å². The highest BCUT2D eigenvalue weighted by atomic mass is 32.2. The molecular formula is C58H65N5O8S. The molecular weight excluding hydrogens is 927 g/mol. The molecule has 72 heavy (non-hydrogen) atoms. The Kier molecular flexibility index (Phi) is 15.5. The molecule has 0 aromatic heterocycles. The minimum atomic E-state index is -0.202. The Bertz CT molecular complexity index is 2900. The van der Waals surface area contributed by atoms with Crippen molar-refractivity contribution < 1.29 is 38.1 Å². The highest BCUT2D eigenvalue weighted by molar-refractivity contribution is 8.01. The summed E-state index contributed by atoms with van der Waals surface area (Å²) < 4.78 is 30.7. The summed E-state index contributed by atoms with van der Waals surface area (Å²) in [6.07, 6.45) is 7.05. The van der Waals surface area contributed by atoms with Crippen molar-refractivity contribution in [1.29, 1.82) is 0 Å². The number of aliphatic imine (C=N–C) groups is 2. The van der Waals surface area contributed by atoms with Crippen LogP contribution in [0.25, 0.3) is 0 Å². The molecule has 4 aliphatic heterocycles. The first-order valence-electron chi connectivity index (χ1n) is 25.1. The topological polar surface area (TPSA) is 132 Å². The Hall–Kier alpha value is -6.48. The SMILES string of the molecule is CCCOCCOCCN(C(=O)CCC(C)(C)SC(C)C)c1cc(COc2cc3c(cc2C)C(=O)N2c4ccccc4C[C@H]2C=N3)cc(COc2cc3c(cc2OC)C(=O)N2c4ccccc4C[C@H]2C=N3)c1. The number of para-hydroxylation sites is 2. The average Bonchev–Trinajstić information content (AvgIpc) is 3.86. The summed E-state index contributed by atoms with van der Waals surface area (Å²) in [5, 5.41) is 0.416. The molecule has 3 amide bonds. The van der Waals surface area contributed by atoms with E-state index in [0.29, 0.717) is 109 Å². The molecule has 376 valence electrons. The molecule has 13 nitrogen and oxygen atoms in total. The normalized spacial score (nSPS) is 16.4. The fourth-order valence-corrected chi connectivity index (χ4v) is 11.5. The van der Waals surface area contributed by atoms with Crippen LogP contribution in [0.4, 0.5) is 28.4 Å². The van der Waals surface area contributed by atoms with Gasteiger partial charge in [0.25, 0.3) is 11.8 Å². The van der Waals surface area contributed by atoms with E-state index in [9.17, 15) is 14.4 Å². The van der Waals surface area contributed by atoms with Gasteiger partial charge >= 0.3 is 0 Å². The maximum absolute atomic E-state index is 14.5. The van der Waals surface area contributed by atoms with Gasteiger partial charge in [-0.05, 0) is 95.3 Å². The number of thioether (sulfide) groups is 1. The molecule has 4 heterocycles. The molecule has 5 aromatic carbocycles. The Labute approximate surface area is 427 Å². The van der Waals surface area contributed by atoms with E-state index in [4.69, 9.17) is 33.7 Å². The van der Waals surface area contributed by atoms with Gasteiger partial charge in [0.05, 0.1) is 61.5 Å². The van der Waals surface area contributed by atoms with Crippen LogP contribution in [0.2, 0.25) is 0 Å². The van der Waals surface area contributed by atoms with Gasteiger partial charge in [0.2, 0.25) is 5.91 Å². The number of carbonyl (C=O) groups is 3. The third-order valence-electron chi connectivity index (χ3n) is 13.4. The fraction of sp³-hybridized carbons (Fsp3) is 0.397. The standard InChI is InChI=1S/C58H65N5O8S/c1-8-20-68-22-23-69-21-19-61(55(64)17-18-58(5,6)72-37(2)3)43-26-39(35-70-52-31-48-46(24-38(52)4)56(65)62-44(33-59-48)28-41-13-9-11-15-50(41)62)25-40(27-43)36-71-54-32-49-47(30-53(54)67-7)57(66)63-45(34-60-49)29-42-14-10-12-16-51(42)63/h9-16,24-27,30-34,37,44-45H,8,17-23,28-29,35-36H2,1-7H3/t44-,45-/m0/s1. The largest absolute Gasteiger partial charge is 0.493 e. The summed E-state index contributed by atoms with van der Waals surface area (Å²) in [5.74, 6) is 1.15. The number of amides is 3. The molecule has 0 N–H and O–H groups in total. The van der Waals surface area contributed by atoms with Crippen LogP contribution in [0.5, 0.6) is 17.2 Å². The van der Waals surface area contributed by atoms with Gasteiger partial charge in [0.15, 0.2) is 11.5 Å². The third-order valence-corrected chi connectivity index (χ3v) is 14.7. The van der Waals surface area contributed by atoms with Gasteiger partial charge in [0.1, 0.15) is 19.0 Å². The summed E-state index contributed by atoms with van der Waals surface area (Å²) in [7, 11) is 1.56. The monoisotopic (exact) mass is 991 g/mol. The average molecular weight is 992 g/mol. The van der Waals surface area contributed by atoms with Crippen molar-refractivity contribution in [1.82, 2.24) is 0 Å². The van der Waals surface area contributed by atoms with E-state index >= 15 is 0 Å². The van der Waals surface area contributed by atoms with Gasteiger partial charge < -0.3 is 28.6 Å². The molecule has 9 rings (SSSR count). The smallest absolute Gasteiger partial charge is 0.261 e. The molecule has 0 fully saturated rings. The summed E-state index contributed by atoms with van der Waals surface area (Å²) in [5.41, 5.74) is 9.07. The summed E-state index contributed by atoms with van der Waals surface area (Å²) in [4.78, 5) is 57.9. The maximum atomic E-state index is 14.5. The van der Waals surface area contributed by atoms with Crippen molar-refractivity contribution in [3.05, 3.63) is 130 Å². The number of rotatable bonds is 21. The van der Waals surface area contributed by atoms with Crippen LogP contribution >= 0.6 is 11.8 Å². The highest BCUT2D eigenvalue weighted by Crippen LogP contribution is 2.43. The molecule has 0 saturated heterocycles. The molecule has 0 radical (unpaired) electrons. The minimum absolute atomic E-state index is 0.0199. The number of nitrogens with zero attached hydrogens (tertiary/aromatic N) is 5. The van der Waals surface area contributed by atoms with Crippen molar-refractivity contribution >= 4 is 70.3 Å². The molecule has 0 aliphatic carbocycles. The first-order chi connectivity index (χ1) is 34.8. The minimum Gasteiger partial charge on any atom is -0.493 e. The van der Waals surface area contributed by atoms with Crippen molar-refractivity contribution in [3.63, 3.8) is 0 Å². The number of anilines is 3. The molecule has 0 spiro atoms. The van der Waals surface area contributed by atoms with Crippen LogP contribution in [-0.4, -0.2) is 92.3 Å². The lowest BCUT2D eigenvalue weighted by Crippen LogP contribution is -2.37. The Morgan fingerprint density at radius 2 is 1.29 bits per heavy atom. The molecule has 0 saturated carbocycles. The van der Waals surface area contributed by atoms with Crippen LogP contribution in [0, 0.1) is 6.92 Å². The van der Waals surface area contributed by atoms with Crippen molar-refractivity contribution in [3.8, 4) is 17.2 Å². The van der Waals surface area contributed by atoms with Crippen molar-refractivity contribution in [2.24, 2.45) is 9.98 Å². The number of hydrogen-bond donors (Lipinski definition) is 0. The predicted molar refractivity (Wildman–Crippen MR) is 287 cm³/mol. The first-order valence-corrected chi connectivity index (χ1v) is 26.0. The van der Waals surface area contributed by atoms with Crippen molar-refractivity contribution in [2.75, 3.05) is 54.8 Å². The molecule has 0 bridgehead atoms. The highest BCUT2D eigenvalue weighted by Gasteiger charge is 2.38. The Morgan fingerprint density at radius 1 is 0.736 bits per heavy atom. The van der Waals surface area contributed by atoms with Gasteiger partial charge in [-0.2, -0.15) is 11.8 Å². The lowest BCUT2D eigenvalue weighted by Gasteiger charge is -2.29. The Balaban J connectivity index is 1.01. The van der Waals surface area contributed by atoms with E-state index in [1.54, 1.807) is 19.2 Å². The van der Waals surface area contributed by atoms with Crippen LogP contribution in [-0.2, 0) is 40.3 Å². The number of ether oxygens (including phenoxy) is 5. The molecule has 0 unspecified atom stereocenters. The number of fused-ring (bicyclic) bond motifs is 8. The van der Waals surface area contributed by atoms with E-state index in [1.165, 1.54) is 0 Å². The molecule has 4 aliphatic rings. The summed E-state index contributed by atoms with van der Waals surface area (Å²) in [6.45, 7) is 15.2. The lowest BCUT2D eigenvalue weighted by molar-refractivity contribution is -0.119. The second-order valence-corrected chi connectivity index (χ2v) is 21.9. The Morgan fingerprint density at radius 3 is 1.88 bits per heavy atom. The van der Waals surface area contributed by atoms with E-state index in [0.717, 1.165) is 45.6 Å². The molecule has 14 heteroatoms. The van der Waals surface area contributed by atoms with Gasteiger partial charge in [-0.1, -0.05) is 71.0 Å². The second kappa shape index (κ2) is 22.1. The van der Waals surface area contributed by atoms with Crippen LogP contribution in [0.1, 0.15) is 102 Å². The second-order valence-electron chi connectivity index (χ2n) is 19.6. The number of aryl methyl sites for hydroxylation is 1. The van der Waals surface area contributed by atoms with E-state index in [2.05, 4.69) is 40.7 Å². The molecule has 2 atom stereocenters. The predicted octanol–water partition coefficient (Wildman–Crippen LogP) is 11.2. The van der Waals surface area contributed by atoms with Gasteiger partial charge in [-0.3, -0.25) is 34.2 Å². The number of hydrogen-bond acceptors (Lipinski definition) is 11. The van der Waals surface area contributed by atoms with Crippen LogP contribution in [0.3, 0.4) is 0 Å². The quantitative estimate of drug-likeness (QED) is 0.0659. The summed E-state index contributed by atoms with van der Waals surface area (Å²) >= 11 is 1.87. The molecule has 5 aromatic rings. The zero-order valence-electron chi connectivity index (χ0n) is 42.4. The maximum Gasteiger partial charge on any atom is 0.261 e. The zero-order valence-corrected chi connectivity index (χ0v) is 43.3. The van der Waals surface area contributed by atoms with Crippen LogP contribution in [0.15, 0.2) is 101 Å². The summed E-state index contributed by atoms with van der Waals surface area (Å²) in [6, 6.07) is 28.7. The van der Waals surface area contributed by atoms with Crippen molar-refractivity contribution in [2.45, 2.75) is 109 Å². The van der Waals surface area contributed by atoms with E-state index in [-0.39, 0.29) is 47.8 Å². The fourth-order valence-electron chi connectivity index (χ4n) is 10.0. The van der Waals surface area contributed by atoms with E-state index < -0.39 is 0 Å². The third kappa shape index (κ3) is 11.1. The first kappa shape index (κ1) is 50.5. The van der Waals surface area contributed by atoms with Gasteiger partial charge in [-0.15, -0.1) is 0 Å². The number of methoxy groups -OCH3 is 1. The number of carbonyl (C=O) groups excluding carboxylic acids is 3. The number of benzene rings is 5. The zero-order chi connectivity index (χ0) is 50.5. The van der Waals surface area contributed by atoms with E-state index in [1.807, 2.05) is 119 Å². The lowest BCUT2D eigenvalue weighted by atomic mass is 10.0. The van der Waals surface area contributed by atoms with Gasteiger partial charge in [-0.25, -0.2) is 0 Å².